The number of hydrogen-bond donors (Lipinski definition) is 1. The molecule has 0 radical (unpaired) electrons. The third-order valence-electron chi connectivity index (χ3n) is 5.94. The van der Waals surface area contributed by atoms with Crippen LogP contribution >= 0.6 is 0 Å². The van der Waals surface area contributed by atoms with Gasteiger partial charge in [-0.2, -0.15) is 0 Å². The van der Waals surface area contributed by atoms with Gasteiger partial charge >= 0.3 is 0 Å². The van der Waals surface area contributed by atoms with Crippen molar-refractivity contribution in [3.8, 4) is 0 Å². The first kappa shape index (κ1) is 16.0. The molecule has 0 aromatic heterocycles. The zero-order chi connectivity index (χ0) is 17.3. The van der Waals surface area contributed by atoms with Crippen LogP contribution in [0.15, 0.2) is 72.8 Å². The van der Waals surface area contributed by atoms with E-state index in [0.717, 1.165) is 12.8 Å². The third kappa shape index (κ3) is 3.15. The lowest BCUT2D eigenvalue weighted by molar-refractivity contribution is -0.0181. The average Bonchev–Trinajstić information content (AvgIpc) is 3.04. The van der Waals surface area contributed by atoms with Crippen molar-refractivity contribution in [2.24, 2.45) is 0 Å². The minimum absolute atomic E-state index is 0.00306. The normalized spacial score (nSPS) is 26.1. The Morgan fingerprint density at radius 2 is 1.42 bits per heavy atom. The molecule has 2 bridgehead atoms. The van der Waals surface area contributed by atoms with Crippen LogP contribution in [0.3, 0.4) is 0 Å². The molecule has 2 heteroatoms. The highest BCUT2D eigenvalue weighted by molar-refractivity contribution is 5.83. The van der Waals surface area contributed by atoms with Crippen molar-refractivity contribution in [3.63, 3.8) is 0 Å². The van der Waals surface area contributed by atoms with E-state index in [1.807, 2.05) is 0 Å². The summed E-state index contributed by atoms with van der Waals surface area (Å²) in [4.78, 5) is 0. The highest BCUT2D eigenvalue weighted by Gasteiger charge is 2.35. The van der Waals surface area contributed by atoms with Gasteiger partial charge in [-0.1, -0.05) is 66.7 Å². The van der Waals surface area contributed by atoms with Gasteiger partial charge in [0.05, 0.1) is 6.10 Å². The number of hydrogen-bond acceptors (Lipinski definition) is 2. The van der Waals surface area contributed by atoms with E-state index in [1.165, 1.54) is 34.7 Å². The largest absolute Gasteiger partial charge is 0.365 e. The lowest BCUT2D eigenvalue weighted by atomic mass is 9.96. The van der Waals surface area contributed by atoms with Gasteiger partial charge in [0.15, 0.2) is 0 Å². The second-order valence-corrected chi connectivity index (χ2v) is 7.76. The SMILES string of the molecule is c1ccc(C(OC2C[C@H]3CC[C@@H](C2)N3)c2ccc3ccccc3c2)cc1. The van der Waals surface area contributed by atoms with Crippen LogP contribution in [0.4, 0.5) is 0 Å². The van der Waals surface area contributed by atoms with Crippen molar-refractivity contribution in [1.82, 2.24) is 5.32 Å². The molecule has 132 valence electrons. The van der Waals surface area contributed by atoms with E-state index >= 15 is 0 Å². The topological polar surface area (TPSA) is 21.3 Å². The van der Waals surface area contributed by atoms with E-state index in [-0.39, 0.29) is 6.10 Å². The summed E-state index contributed by atoms with van der Waals surface area (Å²) in [5.74, 6) is 0. The average molecular weight is 343 g/mol. The summed E-state index contributed by atoms with van der Waals surface area (Å²) in [5, 5.41) is 6.28. The summed E-state index contributed by atoms with van der Waals surface area (Å²) in [6.45, 7) is 0. The Kier molecular flexibility index (Phi) is 4.24. The maximum absolute atomic E-state index is 6.75. The highest BCUT2D eigenvalue weighted by atomic mass is 16.5. The van der Waals surface area contributed by atoms with E-state index in [1.54, 1.807) is 0 Å². The summed E-state index contributed by atoms with van der Waals surface area (Å²) < 4.78 is 6.75. The molecule has 3 aromatic carbocycles. The first-order chi connectivity index (χ1) is 12.8. The summed E-state index contributed by atoms with van der Waals surface area (Å²) >= 11 is 0. The van der Waals surface area contributed by atoms with E-state index in [4.69, 9.17) is 4.74 Å². The van der Waals surface area contributed by atoms with Crippen LogP contribution in [0.5, 0.6) is 0 Å². The fourth-order valence-electron chi connectivity index (χ4n) is 4.66. The zero-order valence-electron chi connectivity index (χ0n) is 15.0. The van der Waals surface area contributed by atoms with Gasteiger partial charge in [-0.3, -0.25) is 0 Å². The third-order valence-corrected chi connectivity index (χ3v) is 5.94. The van der Waals surface area contributed by atoms with Gasteiger partial charge in [-0.15, -0.1) is 0 Å². The summed E-state index contributed by atoms with van der Waals surface area (Å²) in [6.07, 6.45) is 5.21. The van der Waals surface area contributed by atoms with Gasteiger partial charge in [0.2, 0.25) is 0 Å². The number of fused-ring (bicyclic) bond motifs is 3. The maximum atomic E-state index is 6.75. The minimum atomic E-state index is 0.00306. The van der Waals surface area contributed by atoms with Crippen LogP contribution in [0.25, 0.3) is 10.8 Å². The second-order valence-electron chi connectivity index (χ2n) is 7.76. The predicted molar refractivity (Wildman–Crippen MR) is 106 cm³/mol. The second kappa shape index (κ2) is 6.86. The Labute approximate surface area is 155 Å². The molecule has 5 rings (SSSR count). The molecule has 0 amide bonds. The van der Waals surface area contributed by atoms with Gasteiger partial charge in [-0.05, 0) is 53.6 Å². The summed E-state index contributed by atoms with van der Waals surface area (Å²) in [7, 11) is 0. The van der Waals surface area contributed by atoms with Gasteiger partial charge in [0.1, 0.15) is 6.10 Å². The molecule has 1 N–H and O–H groups in total. The van der Waals surface area contributed by atoms with Crippen LogP contribution in [-0.4, -0.2) is 18.2 Å². The molecule has 2 saturated heterocycles. The number of benzene rings is 3. The Morgan fingerprint density at radius 3 is 2.19 bits per heavy atom. The molecule has 2 aliphatic heterocycles. The van der Waals surface area contributed by atoms with Crippen molar-refractivity contribution in [3.05, 3.63) is 83.9 Å². The molecule has 2 nitrogen and oxygen atoms in total. The Bertz CT molecular complexity index is 879. The van der Waals surface area contributed by atoms with Crippen molar-refractivity contribution in [2.45, 2.75) is 50.0 Å². The van der Waals surface area contributed by atoms with Crippen LogP contribution < -0.4 is 5.32 Å². The smallest absolute Gasteiger partial charge is 0.108 e. The number of rotatable bonds is 4. The monoisotopic (exact) mass is 343 g/mol. The summed E-state index contributed by atoms with van der Waals surface area (Å²) in [5.41, 5.74) is 2.49. The molecule has 2 heterocycles. The first-order valence-corrected chi connectivity index (χ1v) is 9.80. The van der Waals surface area contributed by atoms with Crippen molar-refractivity contribution in [2.75, 3.05) is 0 Å². The lowest BCUT2D eigenvalue weighted by Crippen LogP contribution is -2.41. The molecule has 26 heavy (non-hydrogen) atoms. The quantitative estimate of drug-likeness (QED) is 0.700. The highest BCUT2D eigenvalue weighted by Crippen LogP contribution is 2.35. The van der Waals surface area contributed by atoms with E-state index in [0.29, 0.717) is 18.2 Å². The van der Waals surface area contributed by atoms with Crippen molar-refractivity contribution < 1.29 is 4.74 Å². The minimum Gasteiger partial charge on any atom is -0.365 e. The maximum Gasteiger partial charge on any atom is 0.108 e. The Morgan fingerprint density at radius 1 is 0.731 bits per heavy atom. The standard InChI is InChI=1S/C24H25NO/c1-2-7-18(8-3-1)24(26-23-15-21-12-13-22(16-23)25-21)20-11-10-17-6-4-5-9-19(17)14-20/h1-11,14,21-25H,12-13,15-16H2/t21-,22+,23?,24?. The number of piperidine rings is 1. The molecule has 2 unspecified atom stereocenters. The molecule has 2 fully saturated rings. The van der Waals surface area contributed by atoms with Crippen molar-refractivity contribution >= 4 is 10.8 Å². The molecule has 0 spiro atoms. The van der Waals surface area contributed by atoms with Crippen LogP contribution in [0.2, 0.25) is 0 Å². The predicted octanol–water partition coefficient (Wildman–Crippen LogP) is 5.23. The van der Waals surface area contributed by atoms with Gasteiger partial charge in [0.25, 0.3) is 0 Å². The molecular weight excluding hydrogens is 318 g/mol. The number of nitrogens with one attached hydrogen (secondary N) is 1. The lowest BCUT2D eigenvalue weighted by Gasteiger charge is -2.32. The number of ether oxygens (including phenoxy) is 1. The molecule has 0 aliphatic carbocycles. The van der Waals surface area contributed by atoms with Gasteiger partial charge in [-0.25, -0.2) is 0 Å². The Hall–Kier alpha value is -2.16. The van der Waals surface area contributed by atoms with E-state index < -0.39 is 0 Å². The van der Waals surface area contributed by atoms with E-state index in [2.05, 4.69) is 78.1 Å². The fourth-order valence-corrected chi connectivity index (χ4v) is 4.66. The molecule has 4 atom stereocenters. The van der Waals surface area contributed by atoms with Crippen LogP contribution in [0.1, 0.15) is 42.9 Å². The van der Waals surface area contributed by atoms with E-state index in [9.17, 15) is 0 Å². The molecule has 2 aliphatic rings. The first-order valence-electron chi connectivity index (χ1n) is 9.80. The van der Waals surface area contributed by atoms with Crippen molar-refractivity contribution in [1.29, 1.82) is 0 Å². The van der Waals surface area contributed by atoms with Crippen LogP contribution in [-0.2, 0) is 4.74 Å². The molecular formula is C24H25NO. The Balaban J connectivity index is 1.49. The fraction of sp³-hybridized carbons (Fsp3) is 0.333. The van der Waals surface area contributed by atoms with Crippen LogP contribution in [0, 0.1) is 0 Å². The van der Waals surface area contributed by atoms with Gasteiger partial charge < -0.3 is 10.1 Å². The molecule has 0 saturated carbocycles. The molecule has 3 aromatic rings. The van der Waals surface area contributed by atoms with Gasteiger partial charge in [0, 0.05) is 12.1 Å². The summed E-state index contributed by atoms with van der Waals surface area (Å²) in [6, 6.07) is 27.3. The zero-order valence-corrected chi connectivity index (χ0v) is 15.0.